The minimum atomic E-state index is -0.0416. The molecule has 4 heterocycles. The van der Waals surface area contributed by atoms with E-state index in [0.29, 0.717) is 23.3 Å². The fourth-order valence-corrected chi connectivity index (χ4v) is 5.82. The quantitative estimate of drug-likeness (QED) is 0.311. The Morgan fingerprint density at radius 3 is 2.50 bits per heavy atom. The Balaban J connectivity index is 1.70. The van der Waals surface area contributed by atoms with E-state index in [1.165, 1.54) is 24.9 Å². The molecule has 0 atom stereocenters. The maximum Gasteiger partial charge on any atom is 0.261 e. The zero-order valence-corrected chi connectivity index (χ0v) is 22.3. The maximum absolute atomic E-state index is 14.5. The first-order valence-electron chi connectivity index (χ1n) is 13.5. The molecule has 0 saturated carbocycles. The number of aromatic hydroxyl groups is 1. The lowest BCUT2D eigenvalue weighted by Crippen LogP contribution is -2.29. The van der Waals surface area contributed by atoms with Crippen LogP contribution in [-0.2, 0) is 6.54 Å². The van der Waals surface area contributed by atoms with Gasteiger partial charge in [-0.05, 0) is 89.6 Å². The number of nitrogens with zero attached hydrogens (tertiary/aromatic N) is 5. The Bertz CT molecular complexity index is 1690. The van der Waals surface area contributed by atoms with Crippen molar-refractivity contribution < 1.29 is 5.11 Å². The molecule has 3 aromatic heterocycles. The van der Waals surface area contributed by atoms with Crippen LogP contribution in [0.4, 0.5) is 5.69 Å². The van der Waals surface area contributed by atoms with Gasteiger partial charge in [0.15, 0.2) is 5.65 Å². The average molecular weight is 511 g/mol. The number of aromatic nitrogens is 4. The minimum Gasteiger partial charge on any atom is -0.508 e. The number of fused-ring (bicyclic) bond motifs is 5. The van der Waals surface area contributed by atoms with Crippen LogP contribution in [0, 0.1) is 6.92 Å². The van der Waals surface area contributed by atoms with Crippen molar-refractivity contribution in [3.05, 3.63) is 58.5 Å². The largest absolute Gasteiger partial charge is 0.508 e. The predicted molar refractivity (Wildman–Crippen MR) is 154 cm³/mol. The van der Waals surface area contributed by atoms with E-state index in [4.69, 9.17) is 4.98 Å². The highest BCUT2D eigenvalue weighted by Crippen LogP contribution is 2.37. The van der Waals surface area contributed by atoms with Crippen molar-refractivity contribution >= 4 is 38.4 Å². The topological polar surface area (TPSA) is 90.3 Å². The second-order valence-electron chi connectivity index (χ2n) is 10.7. The van der Waals surface area contributed by atoms with Gasteiger partial charge in [-0.1, -0.05) is 6.07 Å². The fraction of sp³-hybridized carbons (Fsp3) is 0.367. The smallest absolute Gasteiger partial charge is 0.261 e. The number of aryl methyl sites for hydroxylation is 2. The second kappa shape index (κ2) is 9.76. The summed E-state index contributed by atoms with van der Waals surface area (Å²) in [5.41, 5.74) is 4.92. The Kier molecular flexibility index (Phi) is 6.27. The number of phenols is 1. The number of phenolic OH excluding ortho intramolecular Hbond substituents is 1. The lowest BCUT2D eigenvalue weighted by atomic mass is 9.97. The number of rotatable bonds is 6. The third-order valence-corrected chi connectivity index (χ3v) is 7.73. The summed E-state index contributed by atoms with van der Waals surface area (Å²) in [6, 6.07) is 13.5. The van der Waals surface area contributed by atoms with Crippen molar-refractivity contribution in [3.8, 4) is 17.0 Å². The molecular weight excluding hydrogens is 476 g/mol. The van der Waals surface area contributed by atoms with E-state index in [2.05, 4.69) is 52.3 Å². The Hall–Kier alpha value is -3.91. The summed E-state index contributed by atoms with van der Waals surface area (Å²) < 4.78 is 1.95. The maximum atomic E-state index is 14.5. The summed E-state index contributed by atoms with van der Waals surface area (Å²) >= 11 is 0. The molecule has 8 heteroatoms. The highest BCUT2D eigenvalue weighted by Gasteiger charge is 2.22. The minimum absolute atomic E-state index is 0.0416. The average Bonchev–Trinajstić information content (AvgIpc) is 3.30. The van der Waals surface area contributed by atoms with Crippen molar-refractivity contribution in [2.24, 2.45) is 0 Å². The van der Waals surface area contributed by atoms with Crippen LogP contribution in [0.1, 0.15) is 31.4 Å². The molecule has 8 nitrogen and oxygen atoms in total. The number of aromatic amines is 1. The molecule has 0 radical (unpaired) electrons. The monoisotopic (exact) mass is 510 g/mol. The molecule has 1 aliphatic rings. The lowest BCUT2D eigenvalue weighted by molar-refractivity contribution is 0.387. The van der Waals surface area contributed by atoms with Crippen LogP contribution in [0.15, 0.2) is 47.3 Å². The molecular formula is C30H34N6O2. The molecule has 1 fully saturated rings. The van der Waals surface area contributed by atoms with Crippen LogP contribution in [-0.4, -0.2) is 63.5 Å². The van der Waals surface area contributed by atoms with Gasteiger partial charge in [0.2, 0.25) is 0 Å². The Morgan fingerprint density at radius 1 is 1.00 bits per heavy atom. The van der Waals surface area contributed by atoms with Gasteiger partial charge >= 0.3 is 0 Å². The Labute approximate surface area is 221 Å². The SMILES string of the molecule is Cc1[nH]nc2nc(-c3ccc(O)cc3)c3c(=O)n(CCCN(C)C)c4cc(N5CCCCC5)ccc4c3c12. The number of hydrogen-bond donors (Lipinski definition) is 2. The van der Waals surface area contributed by atoms with E-state index in [-0.39, 0.29) is 11.3 Å². The molecule has 2 aromatic carbocycles. The van der Waals surface area contributed by atoms with E-state index < -0.39 is 0 Å². The molecule has 1 aliphatic heterocycles. The molecule has 1 saturated heterocycles. The van der Waals surface area contributed by atoms with E-state index >= 15 is 0 Å². The molecule has 6 rings (SSSR count). The first-order valence-corrected chi connectivity index (χ1v) is 13.5. The molecule has 0 bridgehead atoms. The third-order valence-electron chi connectivity index (χ3n) is 7.73. The number of anilines is 1. The van der Waals surface area contributed by atoms with Gasteiger partial charge in [-0.2, -0.15) is 5.10 Å². The van der Waals surface area contributed by atoms with Gasteiger partial charge in [0, 0.05) is 47.4 Å². The number of pyridine rings is 2. The van der Waals surface area contributed by atoms with Gasteiger partial charge in [0.1, 0.15) is 5.75 Å². The number of benzene rings is 2. The van der Waals surface area contributed by atoms with Gasteiger partial charge in [-0.15, -0.1) is 0 Å². The number of nitrogens with one attached hydrogen (secondary N) is 1. The first-order chi connectivity index (χ1) is 18.4. The number of piperidine rings is 1. The van der Waals surface area contributed by atoms with Crippen LogP contribution in [0.3, 0.4) is 0 Å². The molecule has 0 spiro atoms. The van der Waals surface area contributed by atoms with E-state index in [0.717, 1.165) is 59.0 Å². The molecule has 38 heavy (non-hydrogen) atoms. The van der Waals surface area contributed by atoms with Gasteiger partial charge in [0.25, 0.3) is 5.56 Å². The van der Waals surface area contributed by atoms with Crippen LogP contribution in [0.5, 0.6) is 5.75 Å². The van der Waals surface area contributed by atoms with Crippen molar-refractivity contribution in [3.63, 3.8) is 0 Å². The highest BCUT2D eigenvalue weighted by molar-refractivity contribution is 6.21. The molecule has 0 aliphatic carbocycles. The zero-order chi connectivity index (χ0) is 26.4. The van der Waals surface area contributed by atoms with Crippen molar-refractivity contribution in [1.82, 2.24) is 24.6 Å². The summed E-state index contributed by atoms with van der Waals surface area (Å²) in [7, 11) is 4.11. The summed E-state index contributed by atoms with van der Waals surface area (Å²) in [4.78, 5) is 23.9. The predicted octanol–water partition coefficient (Wildman–Crippen LogP) is 5.05. The second-order valence-corrected chi connectivity index (χ2v) is 10.7. The van der Waals surface area contributed by atoms with E-state index in [1.54, 1.807) is 12.1 Å². The molecule has 0 unspecified atom stereocenters. The lowest BCUT2D eigenvalue weighted by Gasteiger charge is -2.29. The van der Waals surface area contributed by atoms with Crippen LogP contribution in [0.25, 0.3) is 44.0 Å². The molecule has 0 amide bonds. The summed E-state index contributed by atoms with van der Waals surface area (Å²) in [5.74, 6) is 0.173. The molecule has 5 aromatic rings. The van der Waals surface area contributed by atoms with Crippen molar-refractivity contribution in [2.45, 2.75) is 39.2 Å². The first kappa shape index (κ1) is 24.4. The fourth-order valence-electron chi connectivity index (χ4n) is 5.82. The van der Waals surface area contributed by atoms with Gasteiger partial charge in [-0.25, -0.2) is 4.98 Å². The van der Waals surface area contributed by atoms with Gasteiger partial charge in [-0.3, -0.25) is 9.89 Å². The molecule has 196 valence electrons. The highest BCUT2D eigenvalue weighted by atomic mass is 16.3. The van der Waals surface area contributed by atoms with Gasteiger partial charge < -0.3 is 19.5 Å². The summed E-state index contributed by atoms with van der Waals surface area (Å²) in [5, 5.41) is 20.9. The number of hydrogen-bond acceptors (Lipinski definition) is 6. The van der Waals surface area contributed by atoms with Crippen LogP contribution in [0.2, 0.25) is 0 Å². The molecule has 2 N–H and O–H groups in total. The van der Waals surface area contributed by atoms with Gasteiger partial charge in [0.05, 0.1) is 22.0 Å². The zero-order valence-electron chi connectivity index (χ0n) is 22.3. The van der Waals surface area contributed by atoms with Crippen LogP contribution >= 0.6 is 0 Å². The number of H-pyrrole nitrogens is 1. The standard InChI is InChI=1S/C30H34N6O2/c1-19-25-26-23-13-10-21(35-15-5-4-6-16-35)18-24(23)36(17-7-14-34(2)3)30(38)27(26)28(31-29(25)33-32-19)20-8-11-22(37)12-9-20/h8-13,18,37H,4-7,14-17H2,1-3H3,(H,31,32,33). The Morgan fingerprint density at radius 2 is 1.76 bits per heavy atom. The normalized spacial score (nSPS) is 14.4. The van der Waals surface area contributed by atoms with Crippen LogP contribution < -0.4 is 10.5 Å². The van der Waals surface area contributed by atoms with Crippen molar-refractivity contribution in [2.75, 3.05) is 38.6 Å². The van der Waals surface area contributed by atoms with E-state index in [9.17, 15) is 9.90 Å². The van der Waals surface area contributed by atoms with Crippen molar-refractivity contribution in [1.29, 1.82) is 0 Å². The summed E-state index contributed by atoms with van der Waals surface area (Å²) in [6.07, 6.45) is 4.52. The third kappa shape index (κ3) is 4.19. The van der Waals surface area contributed by atoms with E-state index in [1.807, 2.05) is 23.6 Å². The summed E-state index contributed by atoms with van der Waals surface area (Å²) in [6.45, 7) is 5.58.